The van der Waals surface area contributed by atoms with Gasteiger partial charge in [0.15, 0.2) is 0 Å². The average Bonchev–Trinajstić information content (AvgIpc) is 3.21. The molecule has 6 nitrogen and oxygen atoms in total. The number of aliphatic hydroxyl groups is 1. The number of β-amino-alcohol motifs (C(OH)–C–C–N with tert-alkyl or cyclic N) is 1. The van der Waals surface area contributed by atoms with Crippen molar-refractivity contribution in [3.05, 3.63) is 75.1 Å². The zero-order valence-electron chi connectivity index (χ0n) is 17.3. The first kappa shape index (κ1) is 22.0. The molecule has 8 heteroatoms. The molecule has 164 valence electrons. The monoisotopic (exact) mass is 462 g/mol. The number of aryl methyl sites for hydroxylation is 2. The van der Waals surface area contributed by atoms with Crippen molar-refractivity contribution in [2.24, 2.45) is 0 Å². The summed E-state index contributed by atoms with van der Waals surface area (Å²) in [5.74, 6) is 2.12. The van der Waals surface area contributed by atoms with Crippen LogP contribution < -0.4 is 9.47 Å². The van der Waals surface area contributed by atoms with Crippen LogP contribution in [0.5, 0.6) is 11.5 Å². The standard InChI is InChI=1S/C23H24Cl2N2O4/c1-14-21(15(2)31-26-14)13-29-19-5-3-16(4-6-19)10-27-11-22(28)23(12-27)30-20-8-17(24)7-18(25)9-20/h3-9,22-23,28H,10-13H2,1-2H3/t22-,23-/m0/s1. The van der Waals surface area contributed by atoms with E-state index in [-0.39, 0.29) is 6.10 Å². The SMILES string of the molecule is Cc1noc(C)c1COc1ccc(CN2C[C@H](Oc3cc(Cl)cc(Cl)c3)[C@@H](O)C2)cc1. The predicted octanol–water partition coefficient (Wildman–Crippen LogP) is 4.80. The van der Waals surface area contributed by atoms with Crippen molar-refractivity contribution in [2.75, 3.05) is 13.1 Å². The Labute approximate surface area is 191 Å². The summed E-state index contributed by atoms with van der Waals surface area (Å²) < 4.78 is 17.0. The van der Waals surface area contributed by atoms with Gasteiger partial charge in [0.25, 0.3) is 0 Å². The van der Waals surface area contributed by atoms with Crippen LogP contribution in [0, 0.1) is 13.8 Å². The summed E-state index contributed by atoms with van der Waals surface area (Å²) in [6.07, 6.45) is -0.928. The summed E-state index contributed by atoms with van der Waals surface area (Å²) >= 11 is 12.1. The van der Waals surface area contributed by atoms with Crippen LogP contribution in [-0.2, 0) is 13.2 Å². The van der Waals surface area contributed by atoms with Gasteiger partial charge < -0.3 is 19.1 Å². The van der Waals surface area contributed by atoms with Crippen molar-refractivity contribution in [1.29, 1.82) is 0 Å². The Morgan fingerprint density at radius 3 is 2.42 bits per heavy atom. The molecular formula is C23H24Cl2N2O4. The maximum absolute atomic E-state index is 10.4. The molecule has 0 amide bonds. The number of hydrogen-bond donors (Lipinski definition) is 1. The Morgan fingerprint density at radius 1 is 1.06 bits per heavy atom. The fourth-order valence-electron chi connectivity index (χ4n) is 3.66. The van der Waals surface area contributed by atoms with Gasteiger partial charge in [-0.3, -0.25) is 4.90 Å². The van der Waals surface area contributed by atoms with Crippen molar-refractivity contribution in [2.45, 2.75) is 39.2 Å². The van der Waals surface area contributed by atoms with Crippen LogP contribution in [0.4, 0.5) is 0 Å². The Hall–Kier alpha value is -2.25. The molecule has 1 aliphatic rings. The lowest BCUT2D eigenvalue weighted by Crippen LogP contribution is -2.29. The zero-order chi connectivity index (χ0) is 22.0. The van der Waals surface area contributed by atoms with Crippen molar-refractivity contribution >= 4 is 23.2 Å². The number of aromatic nitrogens is 1. The Bertz CT molecular complexity index is 999. The molecule has 0 aliphatic carbocycles. The number of halogens is 2. The first-order valence-electron chi connectivity index (χ1n) is 10.0. The van der Waals surface area contributed by atoms with Crippen LogP contribution in [0.25, 0.3) is 0 Å². The first-order valence-corrected chi connectivity index (χ1v) is 10.8. The molecule has 2 heterocycles. The second kappa shape index (κ2) is 9.49. The van der Waals surface area contributed by atoms with E-state index in [0.717, 1.165) is 28.3 Å². The van der Waals surface area contributed by atoms with Crippen LogP contribution in [0.1, 0.15) is 22.6 Å². The number of rotatable bonds is 7. The van der Waals surface area contributed by atoms with Crippen molar-refractivity contribution in [3.63, 3.8) is 0 Å². The predicted molar refractivity (Wildman–Crippen MR) is 119 cm³/mol. The fourth-order valence-corrected chi connectivity index (χ4v) is 4.17. The van der Waals surface area contributed by atoms with Gasteiger partial charge in [0, 0.05) is 29.7 Å². The van der Waals surface area contributed by atoms with Gasteiger partial charge in [0.05, 0.1) is 11.3 Å². The van der Waals surface area contributed by atoms with E-state index in [0.29, 0.717) is 42.0 Å². The average molecular weight is 463 g/mol. The van der Waals surface area contributed by atoms with E-state index in [4.69, 9.17) is 37.2 Å². The topological polar surface area (TPSA) is 68.0 Å². The maximum atomic E-state index is 10.4. The summed E-state index contributed by atoms with van der Waals surface area (Å²) in [5, 5.41) is 15.4. The zero-order valence-corrected chi connectivity index (χ0v) is 18.9. The molecule has 1 aromatic heterocycles. The molecule has 1 N–H and O–H groups in total. The van der Waals surface area contributed by atoms with Crippen LogP contribution in [0.2, 0.25) is 10.0 Å². The number of hydrogen-bond acceptors (Lipinski definition) is 6. The van der Waals surface area contributed by atoms with Crippen molar-refractivity contribution in [1.82, 2.24) is 10.1 Å². The summed E-state index contributed by atoms with van der Waals surface area (Å²) in [7, 11) is 0. The smallest absolute Gasteiger partial charge is 0.140 e. The van der Waals surface area contributed by atoms with Gasteiger partial charge in [-0.1, -0.05) is 40.5 Å². The molecule has 0 bridgehead atoms. The summed E-state index contributed by atoms with van der Waals surface area (Å²) in [5.41, 5.74) is 2.95. The Balaban J connectivity index is 1.31. The molecule has 3 aromatic rings. The minimum Gasteiger partial charge on any atom is -0.489 e. The largest absolute Gasteiger partial charge is 0.489 e. The van der Waals surface area contributed by atoms with E-state index < -0.39 is 6.10 Å². The highest BCUT2D eigenvalue weighted by molar-refractivity contribution is 6.34. The molecule has 0 saturated carbocycles. The van der Waals surface area contributed by atoms with E-state index in [9.17, 15) is 5.11 Å². The highest BCUT2D eigenvalue weighted by atomic mass is 35.5. The van der Waals surface area contributed by atoms with Gasteiger partial charge >= 0.3 is 0 Å². The van der Waals surface area contributed by atoms with E-state index in [2.05, 4.69) is 10.1 Å². The molecule has 1 saturated heterocycles. The van der Waals surface area contributed by atoms with Crippen LogP contribution in [0.15, 0.2) is 47.0 Å². The Morgan fingerprint density at radius 2 is 1.77 bits per heavy atom. The summed E-state index contributed by atoms with van der Waals surface area (Å²) in [6, 6.07) is 13.0. The lowest BCUT2D eigenvalue weighted by Gasteiger charge is -2.18. The highest BCUT2D eigenvalue weighted by Gasteiger charge is 2.33. The molecule has 4 rings (SSSR count). The second-order valence-electron chi connectivity index (χ2n) is 7.76. The van der Waals surface area contributed by atoms with E-state index in [1.807, 2.05) is 38.1 Å². The van der Waals surface area contributed by atoms with Crippen LogP contribution in [-0.4, -0.2) is 40.5 Å². The number of likely N-dealkylation sites (tertiary alicyclic amines) is 1. The van der Waals surface area contributed by atoms with Gasteiger partial charge in [-0.25, -0.2) is 0 Å². The van der Waals surface area contributed by atoms with Gasteiger partial charge in [-0.05, 0) is 49.7 Å². The van der Waals surface area contributed by atoms with Crippen molar-refractivity contribution < 1.29 is 19.1 Å². The number of nitrogens with zero attached hydrogens (tertiary/aromatic N) is 2. The second-order valence-corrected chi connectivity index (χ2v) is 8.63. The number of benzene rings is 2. The summed E-state index contributed by atoms with van der Waals surface area (Å²) in [4.78, 5) is 2.15. The molecule has 0 unspecified atom stereocenters. The number of ether oxygens (including phenoxy) is 2. The lowest BCUT2D eigenvalue weighted by atomic mass is 10.2. The van der Waals surface area contributed by atoms with Crippen LogP contribution in [0.3, 0.4) is 0 Å². The maximum Gasteiger partial charge on any atom is 0.140 e. The van der Waals surface area contributed by atoms with Gasteiger partial charge in [-0.15, -0.1) is 0 Å². The summed E-state index contributed by atoms with van der Waals surface area (Å²) in [6.45, 7) is 6.05. The van der Waals surface area contributed by atoms with E-state index in [1.165, 1.54) is 0 Å². The molecule has 2 atom stereocenters. The molecular weight excluding hydrogens is 439 g/mol. The molecule has 0 radical (unpaired) electrons. The van der Waals surface area contributed by atoms with Crippen LogP contribution >= 0.6 is 23.2 Å². The van der Waals surface area contributed by atoms with Gasteiger partial charge in [0.2, 0.25) is 0 Å². The fraction of sp³-hybridized carbons (Fsp3) is 0.348. The Kier molecular flexibility index (Phi) is 6.72. The highest BCUT2D eigenvalue weighted by Crippen LogP contribution is 2.27. The van der Waals surface area contributed by atoms with E-state index in [1.54, 1.807) is 18.2 Å². The number of aliphatic hydroxyl groups excluding tert-OH is 1. The van der Waals surface area contributed by atoms with Gasteiger partial charge in [0.1, 0.15) is 36.1 Å². The minimum atomic E-state index is -0.588. The normalized spacial score (nSPS) is 19.0. The third-order valence-electron chi connectivity index (χ3n) is 5.33. The third kappa shape index (κ3) is 5.52. The van der Waals surface area contributed by atoms with Gasteiger partial charge in [-0.2, -0.15) is 0 Å². The lowest BCUT2D eigenvalue weighted by molar-refractivity contribution is 0.0737. The van der Waals surface area contributed by atoms with Crippen molar-refractivity contribution in [3.8, 4) is 11.5 Å². The van der Waals surface area contributed by atoms with E-state index >= 15 is 0 Å². The minimum absolute atomic E-state index is 0.341. The third-order valence-corrected chi connectivity index (χ3v) is 5.77. The first-order chi connectivity index (χ1) is 14.9. The molecule has 31 heavy (non-hydrogen) atoms. The molecule has 2 aromatic carbocycles. The molecule has 1 fully saturated rings. The molecule has 1 aliphatic heterocycles. The quantitative estimate of drug-likeness (QED) is 0.543. The molecule has 0 spiro atoms.